The highest BCUT2D eigenvalue weighted by molar-refractivity contribution is 6.03. The number of Topliss-reactive ketones (excluding diaryl/α,β-unsaturated/α-hetero) is 2. The second kappa shape index (κ2) is 11.0. The van der Waals surface area contributed by atoms with E-state index in [1.165, 1.54) is 30.3 Å². The van der Waals surface area contributed by atoms with Crippen LogP contribution >= 0.6 is 0 Å². The number of hydrogen-bond acceptors (Lipinski definition) is 5. The van der Waals surface area contributed by atoms with Crippen LogP contribution in [-0.2, 0) is 4.79 Å². The molecular weight excluding hydrogens is 497 g/mol. The summed E-state index contributed by atoms with van der Waals surface area (Å²) in [4.78, 5) is 43.1. The fourth-order valence-electron chi connectivity index (χ4n) is 5.48. The predicted octanol–water partition coefficient (Wildman–Crippen LogP) is 5.91. The van der Waals surface area contributed by atoms with Gasteiger partial charge in [-0.15, -0.1) is 0 Å². The standard InChI is InChI=1S/C32H34FNO5/c1-19-24(12-7-13-27(19)33)29-25(30(38)20-8-5-10-22(35)14-20)17-34(28(37)16-32(2,3)4)18-26(29)31(39)21-9-6-11-23(36)15-21/h5-15,25-26,29,35-36H,16-18H2,1-4H3/t25-,26-/m0/s1. The van der Waals surface area contributed by atoms with Crippen molar-refractivity contribution in [3.05, 3.63) is 94.8 Å². The molecule has 0 spiro atoms. The normalized spacial score (nSPS) is 18.1. The van der Waals surface area contributed by atoms with Crippen LogP contribution in [0.5, 0.6) is 11.5 Å². The minimum absolute atomic E-state index is 0.0494. The molecule has 0 bridgehead atoms. The van der Waals surface area contributed by atoms with Gasteiger partial charge < -0.3 is 15.1 Å². The van der Waals surface area contributed by atoms with Crippen LogP contribution in [0.2, 0.25) is 0 Å². The van der Waals surface area contributed by atoms with Gasteiger partial charge in [-0.25, -0.2) is 4.39 Å². The zero-order chi connectivity index (χ0) is 28.5. The molecule has 204 valence electrons. The van der Waals surface area contributed by atoms with Gasteiger partial charge in [0.2, 0.25) is 5.91 Å². The molecule has 2 atom stereocenters. The zero-order valence-electron chi connectivity index (χ0n) is 22.6. The minimum atomic E-state index is -0.878. The summed E-state index contributed by atoms with van der Waals surface area (Å²) < 4.78 is 14.8. The maximum absolute atomic E-state index is 14.8. The number of piperidine rings is 1. The van der Waals surface area contributed by atoms with Gasteiger partial charge in [0.05, 0.1) is 0 Å². The molecule has 1 aliphatic heterocycles. The molecule has 3 aromatic carbocycles. The number of amides is 1. The van der Waals surface area contributed by atoms with Crippen LogP contribution in [0.4, 0.5) is 4.39 Å². The van der Waals surface area contributed by atoms with E-state index < -0.39 is 23.6 Å². The molecule has 0 saturated carbocycles. The van der Waals surface area contributed by atoms with E-state index in [0.29, 0.717) is 11.1 Å². The van der Waals surface area contributed by atoms with Gasteiger partial charge in [-0.2, -0.15) is 0 Å². The number of carbonyl (C=O) groups excluding carboxylic acids is 3. The van der Waals surface area contributed by atoms with Crippen molar-refractivity contribution >= 4 is 17.5 Å². The lowest BCUT2D eigenvalue weighted by molar-refractivity contribution is -0.135. The molecule has 0 radical (unpaired) electrons. The third-order valence-electron chi connectivity index (χ3n) is 7.34. The molecule has 2 N–H and O–H groups in total. The first kappa shape index (κ1) is 28.0. The Bertz CT molecular complexity index is 1340. The number of likely N-dealkylation sites (tertiary alicyclic amines) is 1. The lowest BCUT2D eigenvalue weighted by atomic mass is 9.67. The molecule has 1 heterocycles. The molecule has 4 rings (SSSR count). The average Bonchev–Trinajstić information content (AvgIpc) is 2.88. The molecule has 0 aromatic heterocycles. The summed E-state index contributed by atoms with van der Waals surface area (Å²) in [6, 6.07) is 16.5. The SMILES string of the molecule is Cc1c(F)cccc1C1[C@@H](C(=O)c2cccc(O)c2)CN(C(=O)CC(C)(C)C)C[C@@H]1C(=O)c1cccc(O)c1. The number of phenolic OH excluding ortho intramolecular Hbond substituents is 2. The van der Waals surface area contributed by atoms with Crippen molar-refractivity contribution < 1.29 is 29.0 Å². The Morgan fingerprint density at radius 3 is 1.79 bits per heavy atom. The van der Waals surface area contributed by atoms with Crippen molar-refractivity contribution in [1.82, 2.24) is 4.90 Å². The van der Waals surface area contributed by atoms with E-state index in [-0.39, 0.29) is 65.0 Å². The summed E-state index contributed by atoms with van der Waals surface area (Å²) in [5.74, 6) is -3.99. The number of halogens is 1. The van der Waals surface area contributed by atoms with E-state index in [9.17, 15) is 29.0 Å². The molecule has 3 aromatic rings. The lowest BCUT2D eigenvalue weighted by Crippen LogP contribution is -2.53. The first-order chi connectivity index (χ1) is 18.4. The molecule has 1 fully saturated rings. The van der Waals surface area contributed by atoms with E-state index in [2.05, 4.69) is 0 Å². The van der Waals surface area contributed by atoms with E-state index in [1.54, 1.807) is 48.2 Å². The van der Waals surface area contributed by atoms with E-state index >= 15 is 0 Å². The summed E-state index contributed by atoms with van der Waals surface area (Å²) in [6.45, 7) is 7.55. The highest BCUT2D eigenvalue weighted by Crippen LogP contribution is 2.43. The number of rotatable bonds is 6. The van der Waals surface area contributed by atoms with Gasteiger partial charge in [-0.3, -0.25) is 14.4 Å². The Balaban J connectivity index is 1.89. The third kappa shape index (κ3) is 6.19. The molecule has 0 aliphatic carbocycles. The number of ketones is 2. The maximum atomic E-state index is 14.8. The Labute approximate surface area is 228 Å². The minimum Gasteiger partial charge on any atom is -0.508 e. The van der Waals surface area contributed by atoms with Gasteiger partial charge in [0.1, 0.15) is 17.3 Å². The highest BCUT2D eigenvalue weighted by Gasteiger charge is 2.47. The first-order valence-corrected chi connectivity index (χ1v) is 13.0. The van der Waals surface area contributed by atoms with Crippen molar-refractivity contribution in [3.8, 4) is 11.5 Å². The second-order valence-corrected chi connectivity index (χ2v) is 11.6. The number of hydrogen-bond donors (Lipinski definition) is 2. The first-order valence-electron chi connectivity index (χ1n) is 13.0. The summed E-state index contributed by atoms with van der Waals surface area (Å²) in [5, 5.41) is 20.1. The van der Waals surface area contributed by atoms with E-state index in [1.807, 2.05) is 20.8 Å². The smallest absolute Gasteiger partial charge is 0.223 e. The zero-order valence-corrected chi connectivity index (χ0v) is 22.6. The van der Waals surface area contributed by atoms with Crippen LogP contribution in [0.25, 0.3) is 0 Å². The molecule has 1 amide bonds. The second-order valence-electron chi connectivity index (χ2n) is 11.6. The van der Waals surface area contributed by atoms with E-state index in [4.69, 9.17) is 0 Å². The summed E-state index contributed by atoms with van der Waals surface area (Å²) >= 11 is 0. The molecule has 1 aliphatic rings. The fourth-order valence-corrected chi connectivity index (χ4v) is 5.48. The molecule has 7 heteroatoms. The molecule has 0 unspecified atom stereocenters. The van der Waals surface area contributed by atoms with Crippen molar-refractivity contribution in [2.75, 3.05) is 13.1 Å². The van der Waals surface area contributed by atoms with Crippen LogP contribution < -0.4 is 0 Å². The Morgan fingerprint density at radius 1 is 0.846 bits per heavy atom. The Kier molecular flexibility index (Phi) is 7.91. The quantitative estimate of drug-likeness (QED) is 0.386. The predicted molar refractivity (Wildman–Crippen MR) is 146 cm³/mol. The molecule has 6 nitrogen and oxygen atoms in total. The monoisotopic (exact) mass is 531 g/mol. The van der Waals surface area contributed by atoms with Crippen LogP contribution in [0, 0.1) is 30.0 Å². The lowest BCUT2D eigenvalue weighted by Gasteiger charge is -2.44. The Hall–Kier alpha value is -4.00. The van der Waals surface area contributed by atoms with Gasteiger partial charge >= 0.3 is 0 Å². The van der Waals surface area contributed by atoms with Gasteiger partial charge in [0.15, 0.2) is 11.6 Å². The Morgan fingerprint density at radius 2 is 1.33 bits per heavy atom. The fraction of sp³-hybridized carbons (Fsp3) is 0.344. The topological polar surface area (TPSA) is 94.9 Å². The average molecular weight is 532 g/mol. The molecular formula is C32H34FNO5. The number of benzene rings is 3. The summed E-state index contributed by atoms with van der Waals surface area (Å²) in [5.41, 5.74) is 1.03. The summed E-state index contributed by atoms with van der Waals surface area (Å²) in [6.07, 6.45) is 0.219. The van der Waals surface area contributed by atoms with Crippen molar-refractivity contribution in [2.45, 2.75) is 40.0 Å². The molecule has 39 heavy (non-hydrogen) atoms. The van der Waals surface area contributed by atoms with Gasteiger partial charge in [-0.05, 0) is 53.8 Å². The number of aromatic hydroxyl groups is 2. The third-order valence-corrected chi connectivity index (χ3v) is 7.34. The largest absolute Gasteiger partial charge is 0.508 e. The van der Waals surface area contributed by atoms with E-state index in [0.717, 1.165) is 0 Å². The van der Waals surface area contributed by atoms with Gasteiger partial charge in [-0.1, -0.05) is 57.2 Å². The van der Waals surface area contributed by atoms with Crippen LogP contribution in [0.3, 0.4) is 0 Å². The van der Waals surface area contributed by atoms with Gasteiger partial charge in [0, 0.05) is 48.4 Å². The van der Waals surface area contributed by atoms with Crippen LogP contribution in [0.15, 0.2) is 66.7 Å². The van der Waals surface area contributed by atoms with Gasteiger partial charge in [0.25, 0.3) is 0 Å². The van der Waals surface area contributed by atoms with Crippen LogP contribution in [0.1, 0.15) is 65.0 Å². The molecule has 1 saturated heterocycles. The highest BCUT2D eigenvalue weighted by atomic mass is 19.1. The van der Waals surface area contributed by atoms with Crippen LogP contribution in [-0.4, -0.2) is 45.7 Å². The number of phenols is 2. The van der Waals surface area contributed by atoms with Crippen molar-refractivity contribution in [3.63, 3.8) is 0 Å². The summed E-state index contributed by atoms with van der Waals surface area (Å²) in [7, 11) is 0. The maximum Gasteiger partial charge on any atom is 0.223 e. The van der Waals surface area contributed by atoms with Crippen molar-refractivity contribution in [2.24, 2.45) is 17.3 Å². The number of carbonyl (C=O) groups is 3. The number of nitrogens with zero attached hydrogens (tertiary/aromatic N) is 1. The van der Waals surface area contributed by atoms with Crippen molar-refractivity contribution in [1.29, 1.82) is 0 Å².